The molecule has 6 heteroatoms. The third-order valence-corrected chi connectivity index (χ3v) is 6.53. The minimum atomic E-state index is -2.04. The lowest BCUT2D eigenvalue weighted by molar-refractivity contribution is 0.415. The van der Waals surface area contributed by atoms with Crippen LogP contribution in [0.25, 0.3) is 0 Å². The Balaban J connectivity index is 1.96. The fourth-order valence-corrected chi connectivity index (χ4v) is 5.06. The van der Waals surface area contributed by atoms with E-state index in [1.165, 1.54) is 0 Å². The molecule has 2 aromatic carbocycles. The van der Waals surface area contributed by atoms with Gasteiger partial charge in [0, 0.05) is 10.3 Å². The van der Waals surface area contributed by atoms with Gasteiger partial charge in [-0.1, -0.05) is 11.6 Å². The summed E-state index contributed by atoms with van der Waals surface area (Å²) in [6, 6.07) is 13.5. The molecule has 98 valence electrons. The zero-order valence-electron chi connectivity index (χ0n) is 10.2. The summed E-state index contributed by atoms with van der Waals surface area (Å²) < 4.78 is 5.16. The van der Waals surface area contributed by atoms with Crippen molar-refractivity contribution in [2.24, 2.45) is 0 Å². The lowest BCUT2D eigenvalue weighted by atomic mass is 10.3. The third kappa shape index (κ3) is 2.32. The van der Waals surface area contributed by atoms with Crippen molar-refractivity contribution in [3.63, 3.8) is 0 Å². The van der Waals surface area contributed by atoms with Gasteiger partial charge in [0.2, 0.25) is 0 Å². The van der Waals surface area contributed by atoms with Crippen LogP contribution in [0, 0.1) is 0 Å². The Bertz CT molecular complexity index is 675. The van der Waals surface area contributed by atoms with Crippen molar-refractivity contribution in [1.29, 1.82) is 0 Å². The monoisotopic (exact) mass is 310 g/mol. The fraction of sp³-hybridized carbons (Fsp3) is 0.0769. The van der Waals surface area contributed by atoms with Gasteiger partial charge in [-0.2, -0.15) is 0 Å². The van der Waals surface area contributed by atoms with Crippen molar-refractivity contribution in [2.45, 2.75) is 0 Å². The second kappa shape index (κ2) is 4.71. The minimum Gasteiger partial charge on any atom is -0.497 e. The second-order valence-corrected chi connectivity index (χ2v) is 8.48. The van der Waals surface area contributed by atoms with Crippen LogP contribution < -0.4 is 20.2 Å². The first-order valence-electron chi connectivity index (χ1n) is 5.71. The van der Waals surface area contributed by atoms with Gasteiger partial charge in [0.25, 0.3) is 0 Å². The van der Waals surface area contributed by atoms with Crippen molar-refractivity contribution < 1.29 is 4.74 Å². The predicted octanol–water partition coefficient (Wildman–Crippen LogP) is 3.82. The SMILES string of the molecule is COc1ccc(P2(=S)Nc3ccc(Cl)cc3N2)cc1. The fourth-order valence-electron chi connectivity index (χ4n) is 1.99. The first-order valence-corrected chi connectivity index (χ1v) is 8.89. The van der Waals surface area contributed by atoms with Gasteiger partial charge in [-0.15, -0.1) is 0 Å². The Kier molecular flexibility index (Phi) is 3.17. The van der Waals surface area contributed by atoms with E-state index in [2.05, 4.69) is 10.2 Å². The maximum absolute atomic E-state index is 6.00. The first kappa shape index (κ1) is 12.8. The van der Waals surface area contributed by atoms with E-state index in [4.69, 9.17) is 28.1 Å². The minimum absolute atomic E-state index is 0.700. The number of nitrogens with one attached hydrogen (secondary N) is 2. The van der Waals surface area contributed by atoms with Crippen LogP contribution in [-0.2, 0) is 11.8 Å². The molecule has 1 aliphatic rings. The molecule has 3 nitrogen and oxygen atoms in total. The van der Waals surface area contributed by atoms with E-state index in [-0.39, 0.29) is 0 Å². The molecule has 1 atom stereocenters. The smallest absolute Gasteiger partial charge is 0.148 e. The quantitative estimate of drug-likeness (QED) is 0.826. The number of hydrogen-bond donors (Lipinski definition) is 2. The van der Waals surface area contributed by atoms with E-state index in [0.29, 0.717) is 5.02 Å². The Labute approximate surface area is 122 Å². The van der Waals surface area contributed by atoms with Gasteiger partial charge in [-0.05, 0) is 54.3 Å². The number of methoxy groups -OCH3 is 1. The molecule has 0 amide bonds. The van der Waals surface area contributed by atoms with Crippen molar-refractivity contribution >= 4 is 46.4 Å². The standard InChI is InChI=1S/C13H12ClN2OPS/c1-17-10-3-5-11(6-4-10)18(19)15-12-7-2-9(14)8-13(12)16-18/h2-8H,1H3,(H2,15,16,19). The normalized spacial score (nSPS) is 20.3. The molecule has 19 heavy (non-hydrogen) atoms. The molecule has 2 N–H and O–H groups in total. The number of rotatable bonds is 2. The summed E-state index contributed by atoms with van der Waals surface area (Å²) in [6.45, 7) is 0. The molecule has 1 unspecified atom stereocenters. The number of ether oxygens (including phenoxy) is 1. The highest BCUT2D eigenvalue weighted by Gasteiger charge is 2.27. The molecular formula is C13H12ClN2OPS. The highest BCUT2D eigenvalue weighted by Crippen LogP contribution is 2.53. The Morgan fingerprint density at radius 1 is 1.05 bits per heavy atom. The number of anilines is 2. The molecule has 0 saturated carbocycles. The van der Waals surface area contributed by atoms with Gasteiger partial charge in [-0.25, -0.2) is 0 Å². The zero-order valence-corrected chi connectivity index (χ0v) is 12.6. The molecule has 0 saturated heterocycles. The van der Waals surface area contributed by atoms with Crippen LogP contribution in [-0.4, -0.2) is 7.11 Å². The van der Waals surface area contributed by atoms with E-state index in [0.717, 1.165) is 22.4 Å². The van der Waals surface area contributed by atoms with Crippen LogP contribution in [0.1, 0.15) is 0 Å². The summed E-state index contributed by atoms with van der Waals surface area (Å²) in [7, 11) is 1.65. The highest BCUT2D eigenvalue weighted by atomic mass is 35.5. The number of hydrogen-bond acceptors (Lipinski definition) is 2. The molecule has 0 aromatic heterocycles. The van der Waals surface area contributed by atoms with Crippen LogP contribution >= 0.6 is 17.9 Å². The third-order valence-electron chi connectivity index (χ3n) is 2.97. The average molecular weight is 311 g/mol. The van der Waals surface area contributed by atoms with Gasteiger partial charge < -0.3 is 14.9 Å². The molecule has 0 bridgehead atoms. The maximum atomic E-state index is 6.00. The van der Waals surface area contributed by atoms with Crippen LogP contribution in [0.5, 0.6) is 5.75 Å². The Hall–Kier alpha value is -1.22. The number of fused-ring (bicyclic) bond motifs is 1. The van der Waals surface area contributed by atoms with E-state index in [9.17, 15) is 0 Å². The zero-order chi connectivity index (χ0) is 13.5. The predicted molar refractivity (Wildman–Crippen MR) is 85.6 cm³/mol. The van der Waals surface area contributed by atoms with Gasteiger partial charge >= 0.3 is 0 Å². The van der Waals surface area contributed by atoms with Crippen molar-refractivity contribution in [3.05, 3.63) is 47.5 Å². The molecule has 1 aliphatic heterocycles. The summed E-state index contributed by atoms with van der Waals surface area (Å²) in [4.78, 5) is 0. The maximum Gasteiger partial charge on any atom is 0.148 e. The molecule has 0 spiro atoms. The van der Waals surface area contributed by atoms with Gasteiger partial charge in [0.15, 0.2) is 0 Å². The van der Waals surface area contributed by atoms with Gasteiger partial charge in [0.05, 0.1) is 18.5 Å². The summed E-state index contributed by atoms with van der Waals surface area (Å²) in [6.07, 6.45) is -2.04. The number of halogens is 1. The molecule has 0 aliphatic carbocycles. The summed E-state index contributed by atoms with van der Waals surface area (Å²) in [5.41, 5.74) is 1.97. The Morgan fingerprint density at radius 2 is 1.74 bits per heavy atom. The van der Waals surface area contributed by atoms with Gasteiger partial charge in [0.1, 0.15) is 12.1 Å². The van der Waals surface area contributed by atoms with Crippen molar-refractivity contribution in [3.8, 4) is 5.75 Å². The highest BCUT2D eigenvalue weighted by molar-refractivity contribution is 8.19. The molecule has 0 fully saturated rings. The van der Waals surface area contributed by atoms with Crippen LogP contribution in [0.2, 0.25) is 5.02 Å². The lowest BCUT2D eigenvalue weighted by Gasteiger charge is -2.18. The average Bonchev–Trinajstić information content (AvgIpc) is 2.75. The second-order valence-electron chi connectivity index (χ2n) is 4.22. The van der Waals surface area contributed by atoms with Gasteiger partial charge in [-0.3, -0.25) is 0 Å². The lowest BCUT2D eigenvalue weighted by Crippen LogP contribution is -2.12. The van der Waals surface area contributed by atoms with Crippen LogP contribution in [0.15, 0.2) is 42.5 Å². The molecular weight excluding hydrogens is 299 g/mol. The molecule has 2 aromatic rings. The summed E-state index contributed by atoms with van der Waals surface area (Å²) >= 11 is 11.8. The largest absolute Gasteiger partial charge is 0.497 e. The molecule has 1 heterocycles. The summed E-state index contributed by atoms with van der Waals surface area (Å²) in [5, 5.41) is 8.57. The number of benzene rings is 2. The molecule has 3 rings (SSSR count). The first-order chi connectivity index (χ1) is 9.10. The van der Waals surface area contributed by atoms with Crippen molar-refractivity contribution in [2.75, 3.05) is 17.3 Å². The molecule has 0 radical (unpaired) electrons. The summed E-state index contributed by atoms with van der Waals surface area (Å²) in [5.74, 6) is 0.824. The topological polar surface area (TPSA) is 33.3 Å². The van der Waals surface area contributed by atoms with Crippen molar-refractivity contribution in [1.82, 2.24) is 0 Å². The van der Waals surface area contributed by atoms with Crippen LogP contribution in [0.4, 0.5) is 11.4 Å². The van der Waals surface area contributed by atoms with E-state index >= 15 is 0 Å². The van der Waals surface area contributed by atoms with E-state index < -0.39 is 6.34 Å². The van der Waals surface area contributed by atoms with E-state index in [1.54, 1.807) is 7.11 Å². The van der Waals surface area contributed by atoms with E-state index in [1.807, 2.05) is 42.5 Å². The Morgan fingerprint density at radius 3 is 2.42 bits per heavy atom. The van der Waals surface area contributed by atoms with Crippen LogP contribution in [0.3, 0.4) is 0 Å².